The van der Waals surface area contributed by atoms with E-state index in [9.17, 15) is 0 Å². The molecule has 0 heterocycles. The van der Waals surface area contributed by atoms with E-state index in [4.69, 9.17) is 17.2 Å². The Morgan fingerprint density at radius 2 is 1.50 bits per heavy atom. The summed E-state index contributed by atoms with van der Waals surface area (Å²) >= 11 is 0. The Balaban J connectivity index is 4.21. The lowest BCUT2D eigenvalue weighted by Crippen LogP contribution is -2.44. The van der Waals surface area contributed by atoms with Crippen molar-refractivity contribution in [2.45, 2.75) is 25.9 Å². The second-order valence-corrected chi connectivity index (χ2v) is 3.41. The molecule has 0 bridgehead atoms. The lowest BCUT2D eigenvalue weighted by Gasteiger charge is -2.29. The summed E-state index contributed by atoms with van der Waals surface area (Å²) in [5.41, 5.74) is 16.4. The Labute approximate surface area is 86.4 Å². The van der Waals surface area contributed by atoms with Crippen molar-refractivity contribution in [3.63, 3.8) is 0 Å². The number of nitrogens with two attached hydrogens (primary N) is 3. The number of hydrogen-bond acceptors (Lipinski definition) is 4. The monoisotopic (exact) mass is 198 g/mol. The molecule has 0 fully saturated rings. The van der Waals surface area contributed by atoms with Crippen molar-refractivity contribution in [2.75, 3.05) is 13.1 Å². The highest BCUT2D eigenvalue weighted by atomic mass is 15.2. The van der Waals surface area contributed by atoms with Crippen LogP contribution in [0.4, 0.5) is 0 Å². The summed E-state index contributed by atoms with van der Waals surface area (Å²) in [7, 11) is 0. The molecule has 2 unspecified atom stereocenters. The summed E-state index contributed by atoms with van der Waals surface area (Å²) in [5, 5.41) is 0. The lowest BCUT2D eigenvalue weighted by molar-refractivity contribution is 0.230. The maximum Gasteiger partial charge on any atom is 0.0222 e. The fourth-order valence-corrected chi connectivity index (χ4v) is 1.13. The van der Waals surface area contributed by atoms with Crippen molar-refractivity contribution in [2.24, 2.45) is 17.2 Å². The molecule has 0 aromatic heterocycles. The molecule has 82 valence electrons. The van der Waals surface area contributed by atoms with Gasteiger partial charge in [0, 0.05) is 25.2 Å². The first-order valence-corrected chi connectivity index (χ1v) is 4.86. The van der Waals surface area contributed by atoms with Gasteiger partial charge in [0.15, 0.2) is 0 Å². The molecule has 0 aliphatic heterocycles. The van der Waals surface area contributed by atoms with E-state index in [1.54, 1.807) is 12.4 Å². The average molecular weight is 198 g/mol. The smallest absolute Gasteiger partial charge is 0.0222 e. The van der Waals surface area contributed by atoms with Gasteiger partial charge in [-0.2, -0.15) is 0 Å². The molecule has 0 aromatic rings. The van der Waals surface area contributed by atoms with Crippen molar-refractivity contribution in [1.29, 1.82) is 0 Å². The predicted molar refractivity (Wildman–Crippen MR) is 61.3 cm³/mol. The topological polar surface area (TPSA) is 81.3 Å². The number of nitrogens with zero attached hydrogens (tertiary/aromatic N) is 1. The molecule has 2 atom stereocenters. The minimum absolute atomic E-state index is 0.132. The Morgan fingerprint density at radius 3 is 1.79 bits per heavy atom. The van der Waals surface area contributed by atoms with E-state index in [1.165, 1.54) is 0 Å². The number of hydrogen-bond donors (Lipinski definition) is 3. The zero-order valence-corrected chi connectivity index (χ0v) is 9.06. The van der Waals surface area contributed by atoms with E-state index < -0.39 is 0 Å². The fraction of sp³-hybridized carbons (Fsp3) is 0.600. The Hall–Kier alpha value is -1.00. The summed E-state index contributed by atoms with van der Waals surface area (Å²) in [6.07, 6.45) is 6.91. The highest BCUT2D eigenvalue weighted by Crippen LogP contribution is 2.02. The zero-order valence-electron chi connectivity index (χ0n) is 9.06. The van der Waals surface area contributed by atoms with Crippen LogP contribution in [-0.2, 0) is 0 Å². The van der Waals surface area contributed by atoms with Crippen molar-refractivity contribution >= 4 is 0 Å². The van der Waals surface area contributed by atoms with Crippen LogP contribution < -0.4 is 17.2 Å². The fourth-order valence-electron chi connectivity index (χ4n) is 1.13. The predicted octanol–water partition coefficient (Wildman–Crippen LogP) is -0.0311. The molecular weight excluding hydrogens is 176 g/mol. The van der Waals surface area contributed by atoms with Crippen molar-refractivity contribution in [3.8, 4) is 0 Å². The Kier molecular flexibility index (Phi) is 6.88. The minimum Gasteiger partial charge on any atom is -0.405 e. The van der Waals surface area contributed by atoms with Crippen LogP contribution in [0.1, 0.15) is 13.8 Å². The van der Waals surface area contributed by atoms with E-state index in [0.29, 0.717) is 6.04 Å². The van der Waals surface area contributed by atoms with E-state index >= 15 is 0 Å². The standard InChI is InChI=1S/C10H22N4/c1-9(13)10(2)14(7-3-5-11)8-4-6-12/h3-6,9-10H,7-8,11-13H2,1-2H3. The van der Waals surface area contributed by atoms with Crippen LogP contribution in [0.25, 0.3) is 0 Å². The highest BCUT2D eigenvalue weighted by Gasteiger charge is 2.14. The van der Waals surface area contributed by atoms with Crippen LogP contribution in [0.2, 0.25) is 0 Å². The molecule has 6 N–H and O–H groups in total. The van der Waals surface area contributed by atoms with Gasteiger partial charge in [0.05, 0.1) is 0 Å². The Morgan fingerprint density at radius 1 is 1.07 bits per heavy atom. The second-order valence-electron chi connectivity index (χ2n) is 3.41. The molecule has 14 heavy (non-hydrogen) atoms. The maximum atomic E-state index is 5.83. The van der Waals surface area contributed by atoms with Gasteiger partial charge >= 0.3 is 0 Å². The first-order chi connectivity index (χ1) is 6.63. The average Bonchev–Trinajstić information content (AvgIpc) is 2.17. The molecule has 0 aromatic carbocycles. The first-order valence-electron chi connectivity index (χ1n) is 4.86. The summed E-state index contributed by atoms with van der Waals surface area (Å²) in [5.74, 6) is 0. The van der Waals surface area contributed by atoms with E-state index in [1.807, 2.05) is 19.1 Å². The molecule has 0 aliphatic carbocycles. The van der Waals surface area contributed by atoms with E-state index in [0.717, 1.165) is 13.1 Å². The quantitative estimate of drug-likeness (QED) is 0.560. The third kappa shape index (κ3) is 4.89. The first kappa shape index (κ1) is 13.0. The number of rotatable bonds is 6. The van der Waals surface area contributed by atoms with Gasteiger partial charge in [0.2, 0.25) is 0 Å². The van der Waals surface area contributed by atoms with Crippen LogP contribution >= 0.6 is 0 Å². The lowest BCUT2D eigenvalue weighted by atomic mass is 10.1. The summed E-state index contributed by atoms with van der Waals surface area (Å²) in [6, 6.07) is 0.440. The van der Waals surface area contributed by atoms with Crippen molar-refractivity contribution in [3.05, 3.63) is 24.6 Å². The van der Waals surface area contributed by atoms with Gasteiger partial charge in [-0.15, -0.1) is 0 Å². The van der Waals surface area contributed by atoms with Gasteiger partial charge < -0.3 is 17.2 Å². The molecule has 0 radical (unpaired) electrons. The molecule has 0 rings (SSSR count). The largest absolute Gasteiger partial charge is 0.405 e. The highest BCUT2D eigenvalue weighted by molar-refractivity contribution is 4.89. The van der Waals surface area contributed by atoms with Crippen molar-refractivity contribution < 1.29 is 0 Å². The van der Waals surface area contributed by atoms with Crippen LogP contribution in [0.15, 0.2) is 24.6 Å². The SMILES string of the molecule is CC(N)C(C)N(CC=CN)CC=CN. The van der Waals surface area contributed by atoms with Gasteiger partial charge in [0.25, 0.3) is 0 Å². The third-order valence-corrected chi connectivity index (χ3v) is 2.29. The van der Waals surface area contributed by atoms with Crippen LogP contribution in [0.3, 0.4) is 0 Å². The molecule has 0 saturated carbocycles. The van der Waals surface area contributed by atoms with Crippen molar-refractivity contribution in [1.82, 2.24) is 4.90 Å². The molecule has 0 aliphatic rings. The molecule has 4 heteroatoms. The summed E-state index contributed by atoms with van der Waals surface area (Å²) in [4.78, 5) is 2.21. The molecule has 4 nitrogen and oxygen atoms in total. The molecular formula is C10H22N4. The van der Waals surface area contributed by atoms with Crippen LogP contribution in [-0.4, -0.2) is 30.1 Å². The van der Waals surface area contributed by atoms with Gasteiger partial charge in [-0.3, -0.25) is 4.90 Å². The minimum atomic E-state index is 0.132. The second kappa shape index (κ2) is 7.41. The van der Waals surface area contributed by atoms with Gasteiger partial charge in [-0.25, -0.2) is 0 Å². The normalized spacial score (nSPS) is 16.9. The maximum absolute atomic E-state index is 5.83. The van der Waals surface area contributed by atoms with Crippen LogP contribution in [0.5, 0.6) is 0 Å². The summed E-state index contributed by atoms with van der Waals surface area (Å²) < 4.78 is 0. The molecule has 0 amide bonds. The van der Waals surface area contributed by atoms with Gasteiger partial charge in [-0.05, 0) is 26.2 Å². The molecule has 0 saturated heterocycles. The molecule has 0 spiro atoms. The summed E-state index contributed by atoms with van der Waals surface area (Å²) in [6.45, 7) is 5.68. The Bertz CT molecular complexity index is 173. The van der Waals surface area contributed by atoms with E-state index in [2.05, 4.69) is 11.8 Å². The van der Waals surface area contributed by atoms with Gasteiger partial charge in [0.1, 0.15) is 0 Å². The zero-order chi connectivity index (χ0) is 11.0. The van der Waals surface area contributed by atoms with Gasteiger partial charge in [-0.1, -0.05) is 12.2 Å². The third-order valence-electron chi connectivity index (χ3n) is 2.29. The van der Waals surface area contributed by atoms with Crippen LogP contribution in [0, 0.1) is 0 Å². The van der Waals surface area contributed by atoms with E-state index in [-0.39, 0.29) is 6.04 Å².